The van der Waals surface area contributed by atoms with E-state index in [1.165, 1.54) is 0 Å². The van der Waals surface area contributed by atoms with Gasteiger partial charge in [-0.15, -0.1) is 11.8 Å². The van der Waals surface area contributed by atoms with E-state index in [4.69, 9.17) is 10.00 Å². The SMILES string of the molecule is Cn1nc(C(=O)NCc2ccc(C#N)cc2)c2c1C(=O)N(CC1(SC(C)(C)COC3CNC3)CC1)CC2. The summed E-state index contributed by atoms with van der Waals surface area (Å²) < 4.78 is 7.64. The smallest absolute Gasteiger partial charge is 0.272 e. The summed E-state index contributed by atoms with van der Waals surface area (Å²) in [6.07, 6.45) is 3.11. The lowest BCUT2D eigenvalue weighted by atomic mass is 10.0. The first-order valence-corrected chi connectivity index (χ1v) is 13.7. The van der Waals surface area contributed by atoms with Crippen molar-refractivity contribution < 1.29 is 14.3 Å². The minimum Gasteiger partial charge on any atom is -0.374 e. The van der Waals surface area contributed by atoms with E-state index >= 15 is 0 Å². The number of nitrogens with one attached hydrogen (secondary N) is 2. The Bertz CT molecular complexity index is 1220. The predicted octanol–water partition coefficient (Wildman–Crippen LogP) is 2.25. The highest BCUT2D eigenvalue weighted by atomic mass is 32.2. The summed E-state index contributed by atoms with van der Waals surface area (Å²) in [6.45, 7) is 8.62. The molecule has 10 heteroatoms. The molecule has 1 saturated carbocycles. The van der Waals surface area contributed by atoms with Crippen molar-refractivity contribution in [1.82, 2.24) is 25.3 Å². The summed E-state index contributed by atoms with van der Waals surface area (Å²) in [5.74, 6) is -0.344. The number of carbonyl (C=O) groups excluding carboxylic acids is 2. The molecule has 0 radical (unpaired) electrons. The second-order valence-corrected chi connectivity index (χ2v) is 13.1. The highest BCUT2D eigenvalue weighted by Crippen LogP contribution is 2.54. The first-order chi connectivity index (χ1) is 17.7. The fourth-order valence-electron chi connectivity index (χ4n) is 4.96. The number of nitriles is 1. The van der Waals surface area contributed by atoms with Crippen LogP contribution in [0.5, 0.6) is 0 Å². The van der Waals surface area contributed by atoms with Crippen molar-refractivity contribution in [2.75, 3.05) is 32.8 Å². The second-order valence-electron chi connectivity index (χ2n) is 10.9. The van der Waals surface area contributed by atoms with Gasteiger partial charge in [-0.2, -0.15) is 10.4 Å². The van der Waals surface area contributed by atoms with Gasteiger partial charge >= 0.3 is 0 Å². The number of rotatable bonds is 10. The maximum absolute atomic E-state index is 13.5. The summed E-state index contributed by atoms with van der Waals surface area (Å²) in [6, 6.07) is 9.17. The Labute approximate surface area is 221 Å². The van der Waals surface area contributed by atoms with Crippen molar-refractivity contribution in [2.45, 2.75) is 55.3 Å². The minimum atomic E-state index is -0.292. The van der Waals surface area contributed by atoms with Gasteiger partial charge in [-0.3, -0.25) is 14.3 Å². The van der Waals surface area contributed by atoms with Gasteiger partial charge in [0.25, 0.3) is 11.8 Å². The average molecular weight is 523 g/mol. The molecule has 2 fully saturated rings. The van der Waals surface area contributed by atoms with Gasteiger partial charge in [0.1, 0.15) is 5.69 Å². The Morgan fingerprint density at radius 2 is 2.05 bits per heavy atom. The van der Waals surface area contributed by atoms with E-state index < -0.39 is 0 Å². The van der Waals surface area contributed by atoms with Crippen LogP contribution >= 0.6 is 11.8 Å². The number of fused-ring (bicyclic) bond motifs is 1. The maximum atomic E-state index is 13.5. The third-order valence-electron chi connectivity index (χ3n) is 7.21. The molecule has 37 heavy (non-hydrogen) atoms. The molecule has 2 amide bonds. The molecule has 1 saturated heterocycles. The zero-order valence-corrected chi connectivity index (χ0v) is 22.5. The number of thioether (sulfide) groups is 1. The van der Waals surface area contributed by atoms with Crippen LogP contribution in [0.25, 0.3) is 0 Å². The largest absolute Gasteiger partial charge is 0.374 e. The molecule has 196 valence electrons. The van der Waals surface area contributed by atoms with Gasteiger partial charge in [0.2, 0.25) is 0 Å². The van der Waals surface area contributed by atoms with Gasteiger partial charge in [0.15, 0.2) is 5.69 Å². The molecular formula is C27H34N6O3S. The zero-order chi connectivity index (χ0) is 26.2. The molecule has 2 aliphatic heterocycles. The number of nitrogens with zero attached hydrogens (tertiary/aromatic N) is 4. The topological polar surface area (TPSA) is 112 Å². The van der Waals surface area contributed by atoms with Gasteiger partial charge in [0.05, 0.1) is 24.3 Å². The summed E-state index contributed by atoms with van der Waals surface area (Å²) in [4.78, 5) is 28.4. The van der Waals surface area contributed by atoms with Gasteiger partial charge in [-0.1, -0.05) is 12.1 Å². The third kappa shape index (κ3) is 5.69. The molecule has 3 aliphatic rings. The molecular weight excluding hydrogens is 488 g/mol. The van der Waals surface area contributed by atoms with Crippen molar-refractivity contribution in [1.29, 1.82) is 5.26 Å². The van der Waals surface area contributed by atoms with Gasteiger partial charge < -0.3 is 20.3 Å². The highest BCUT2D eigenvalue weighted by molar-refractivity contribution is 8.02. The van der Waals surface area contributed by atoms with E-state index in [9.17, 15) is 9.59 Å². The van der Waals surface area contributed by atoms with E-state index in [0.717, 1.165) is 37.1 Å². The van der Waals surface area contributed by atoms with Crippen molar-refractivity contribution in [2.24, 2.45) is 7.05 Å². The van der Waals surface area contributed by atoms with E-state index in [2.05, 4.69) is 35.6 Å². The number of hydrogen-bond acceptors (Lipinski definition) is 7. The standard InChI is InChI=1S/C27H34N6O3S/c1-26(2,17-36-20-14-29-15-20)37-27(9-10-27)16-33-11-8-21-22(31-32(3)23(21)25(33)35)24(34)30-13-19-6-4-18(12-28)5-7-19/h4-7,20,29H,8-11,13-17H2,1-3H3,(H,30,34). The molecule has 0 spiro atoms. The van der Waals surface area contributed by atoms with E-state index in [0.29, 0.717) is 55.7 Å². The summed E-state index contributed by atoms with van der Waals surface area (Å²) in [7, 11) is 1.73. The lowest BCUT2D eigenvalue weighted by Gasteiger charge is -2.36. The van der Waals surface area contributed by atoms with Crippen LogP contribution in [0.4, 0.5) is 0 Å². The van der Waals surface area contributed by atoms with Crippen LogP contribution in [0.3, 0.4) is 0 Å². The fourth-order valence-corrected chi connectivity index (χ4v) is 6.79. The predicted molar refractivity (Wildman–Crippen MR) is 141 cm³/mol. The van der Waals surface area contributed by atoms with Crippen molar-refractivity contribution in [3.8, 4) is 6.07 Å². The van der Waals surface area contributed by atoms with Crippen LogP contribution in [0, 0.1) is 11.3 Å². The molecule has 2 aromatic rings. The molecule has 0 bridgehead atoms. The Hall–Kier alpha value is -2.87. The van der Waals surface area contributed by atoms with Crippen molar-refractivity contribution in [3.63, 3.8) is 0 Å². The quantitative estimate of drug-likeness (QED) is 0.492. The lowest BCUT2D eigenvalue weighted by Crippen LogP contribution is -2.50. The molecule has 1 aromatic carbocycles. The average Bonchev–Trinajstić information content (AvgIpc) is 3.49. The molecule has 1 aliphatic carbocycles. The summed E-state index contributed by atoms with van der Waals surface area (Å²) >= 11 is 1.95. The number of aryl methyl sites for hydroxylation is 1. The first-order valence-electron chi connectivity index (χ1n) is 12.8. The van der Waals surface area contributed by atoms with Crippen LogP contribution in [0.15, 0.2) is 24.3 Å². The van der Waals surface area contributed by atoms with Crippen LogP contribution in [-0.4, -0.2) is 74.9 Å². The number of carbonyl (C=O) groups is 2. The number of ether oxygens (including phenoxy) is 1. The third-order valence-corrected chi connectivity index (χ3v) is 8.85. The zero-order valence-electron chi connectivity index (χ0n) is 21.7. The number of amides is 2. The molecule has 3 heterocycles. The Kier molecular flexibility index (Phi) is 7.05. The van der Waals surface area contributed by atoms with Crippen molar-refractivity contribution in [3.05, 3.63) is 52.3 Å². The lowest BCUT2D eigenvalue weighted by molar-refractivity contribution is 0.0106. The number of hydrogen-bond donors (Lipinski definition) is 2. The molecule has 0 atom stereocenters. The molecule has 5 rings (SSSR count). The molecule has 9 nitrogen and oxygen atoms in total. The maximum Gasteiger partial charge on any atom is 0.272 e. The first kappa shape index (κ1) is 25.8. The van der Waals surface area contributed by atoms with Gasteiger partial charge in [-0.25, -0.2) is 0 Å². The minimum absolute atomic E-state index is 0.0250. The van der Waals surface area contributed by atoms with Gasteiger partial charge in [-0.05, 0) is 50.8 Å². The highest BCUT2D eigenvalue weighted by Gasteiger charge is 2.50. The Morgan fingerprint density at radius 1 is 1.32 bits per heavy atom. The van der Waals surface area contributed by atoms with E-state index in [1.54, 1.807) is 23.9 Å². The number of benzene rings is 1. The van der Waals surface area contributed by atoms with Crippen LogP contribution in [0.1, 0.15) is 64.4 Å². The molecule has 1 aromatic heterocycles. The van der Waals surface area contributed by atoms with E-state index in [1.807, 2.05) is 28.8 Å². The van der Waals surface area contributed by atoms with Crippen molar-refractivity contribution >= 4 is 23.6 Å². The van der Waals surface area contributed by atoms with Crippen LogP contribution < -0.4 is 10.6 Å². The summed E-state index contributed by atoms with van der Waals surface area (Å²) in [5.41, 5.74) is 3.02. The Morgan fingerprint density at radius 3 is 2.68 bits per heavy atom. The van der Waals surface area contributed by atoms with Gasteiger partial charge in [0, 0.05) is 54.8 Å². The fraction of sp³-hybridized carbons (Fsp3) is 0.556. The number of aromatic nitrogens is 2. The normalized spacial score (nSPS) is 18.6. The molecule has 0 unspecified atom stereocenters. The molecule has 2 N–H and O–H groups in total. The Balaban J connectivity index is 1.21. The second kappa shape index (κ2) is 10.1. The summed E-state index contributed by atoms with van der Waals surface area (Å²) in [5, 5.41) is 19.5. The van der Waals surface area contributed by atoms with Crippen LogP contribution in [-0.2, 0) is 24.8 Å². The van der Waals surface area contributed by atoms with E-state index in [-0.39, 0.29) is 21.3 Å². The monoisotopic (exact) mass is 522 g/mol. The van der Waals surface area contributed by atoms with Crippen LogP contribution in [0.2, 0.25) is 0 Å².